The fraction of sp³-hybridized carbons (Fsp3) is 0.476. The number of aromatic hydroxyl groups is 1. The van der Waals surface area contributed by atoms with Crippen LogP contribution < -0.4 is 0 Å². The van der Waals surface area contributed by atoms with Crippen molar-refractivity contribution in [2.45, 2.75) is 58.4 Å². The Balaban J connectivity index is 2.45. The molecule has 1 heterocycles. The van der Waals surface area contributed by atoms with Crippen molar-refractivity contribution in [2.75, 3.05) is 6.61 Å². The predicted molar refractivity (Wildman–Crippen MR) is 105 cm³/mol. The van der Waals surface area contributed by atoms with E-state index >= 15 is 0 Å². The van der Waals surface area contributed by atoms with E-state index in [9.17, 15) is 29.1 Å². The topological polar surface area (TPSA) is 161 Å². The molecule has 12 nitrogen and oxygen atoms in total. The standard InChI is InChI=1S/C21H24O12/c1-10(22)28-9-16-17(29-11(2)23)18(30-12(3)24)19(31-13(4)25)21(32-16)33-20(27)14-7-5-6-8-15(14)26/h5-8,16-19,21,26H,9H2,1-4H3/t16-,17-,18+,19-,21+/m1/s1. The molecule has 0 aliphatic carbocycles. The highest BCUT2D eigenvalue weighted by molar-refractivity contribution is 5.92. The lowest BCUT2D eigenvalue weighted by atomic mass is 9.98. The molecule has 33 heavy (non-hydrogen) atoms. The summed E-state index contributed by atoms with van der Waals surface area (Å²) in [6, 6.07) is 5.50. The van der Waals surface area contributed by atoms with Crippen molar-refractivity contribution in [1.29, 1.82) is 0 Å². The van der Waals surface area contributed by atoms with E-state index in [0.29, 0.717) is 0 Å². The third-order valence-electron chi connectivity index (χ3n) is 4.30. The van der Waals surface area contributed by atoms with Gasteiger partial charge in [0.1, 0.15) is 24.0 Å². The smallest absolute Gasteiger partial charge is 0.344 e. The van der Waals surface area contributed by atoms with Crippen LogP contribution in [0.4, 0.5) is 0 Å². The number of para-hydroxylation sites is 1. The van der Waals surface area contributed by atoms with E-state index in [-0.39, 0.29) is 11.3 Å². The van der Waals surface area contributed by atoms with Crippen molar-refractivity contribution in [3.05, 3.63) is 29.8 Å². The van der Waals surface area contributed by atoms with Gasteiger partial charge in [-0.05, 0) is 12.1 Å². The molecule has 0 saturated carbocycles. The van der Waals surface area contributed by atoms with Gasteiger partial charge in [-0.3, -0.25) is 19.2 Å². The normalized spacial score (nSPS) is 24.2. The van der Waals surface area contributed by atoms with E-state index in [1.807, 2.05) is 0 Å². The van der Waals surface area contributed by atoms with Crippen molar-refractivity contribution < 1.29 is 57.5 Å². The number of hydrogen-bond donors (Lipinski definition) is 1. The van der Waals surface area contributed by atoms with Crippen LogP contribution >= 0.6 is 0 Å². The van der Waals surface area contributed by atoms with Crippen LogP contribution in [0.1, 0.15) is 38.1 Å². The first kappa shape index (κ1) is 25.6. The number of carbonyl (C=O) groups excluding carboxylic acids is 5. The van der Waals surface area contributed by atoms with Gasteiger partial charge in [-0.25, -0.2) is 4.79 Å². The fourth-order valence-electron chi connectivity index (χ4n) is 3.10. The van der Waals surface area contributed by atoms with E-state index in [1.165, 1.54) is 24.3 Å². The lowest BCUT2D eigenvalue weighted by Gasteiger charge is -2.43. The molecule has 0 spiro atoms. The van der Waals surface area contributed by atoms with Crippen LogP contribution in [0.5, 0.6) is 5.75 Å². The molecule has 2 rings (SSSR count). The maximum atomic E-state index is 12.6. The van der Waals surface area contributed by atoms with E-state index in [4.69, 9.17) is 28.4 Å². The molecule has 1 aromatic rings. The predicted octanol–water partition coefficient (Wildman–Crippen LogP) is 0.632. The van der Waals surface area contributed by atoms with Gasteiger partial charge in [-0.1, -0.05) is 12.1 Å². The van der Waals surface area contributed by atoms with Crippen LogP contribution in [-0.2, 0) is 47.6 Å². The first-order valence-electron chi connectivity index (χ1n) is 9.79. The van der Waals surface area contributed by atoms with E-state index in [2.05, 4.69) is 0 Å². The Kier molecular flexibility index (Phi) is 8.74. The van der Waals surface area contributed by atoms with Crippen molar-refractivity contribution >= 4 is 29.8 Å². The molecule has 5 atom stereocenters. The molecular weight excluding hydrogens is 444 g/mol. The van der Waals surface area contributed by atoms with Gasteiger partial charge >= 0.3 is 29.8 Å². The summed E-state index contributed by atoms with van der Waals surface area (Å²) in [5, 5.41) is 9.92. The lowest BCUT2D eigenvalue weighted by Crippen LogP contribution is -2.63. The Bertz CT molecular complexity index is 910. The summed E-state index contributed by atoms with van der Waals surface area (Å²) in [5.74, 6) is -4.58. The number of hydrogen-bond acceptors (Lipinski definition) is 12. The minimum atomic E-state index is -1.68. The molecule has 1 fully saturated rings. The fourth-order valence-corrected chi connectivity index (χ4v) is 3.10. The maximum Gasteiger partial charge on any atom is 0.344 e. The number of benzene rings is 1. The molecule has 1 N–H and O–H groups in total. The second-order valence-corrected chi connectivity index (χ2v) is 6.99. The number of rotatable bonds is 7. The van der Waals surface area contributed by atoms with Crippen LogP contribution in [-0.4, -0.2) is 72.3 Å². The molecule has 1 aliphatic heterocycles. The second-order valence-electron chi connectivity index (χ2n) is 6.99. The summed E-state index contributed by atoms with van der Waals surface area (Å²) < 4.78 is 31.5. The molecule has 180 valence electrons. The van der Waals surface area contributed by atoms with Gasteiger partial charge in [-0.15, -0.1) is 0 Å². The Morgan fingerprint density at radius 3 is 1.88 bits per heavy atom. The highest BCUT2D eigenvalue weighted by Crippen LogP contribution is 2.31. The number of esters is 5. The largest absolute Gasteiger partial charge is 0.507 e. The molecule has 1 aromatic carbocycles. The van der Waals surface area contributed by atoms with Gasteiger partial charge in [0.05, 0.1) is 0 Å². The first-order chi connectivity index (χ1) is 15.5. The number of carbonyl (C=O) groups is 5. The Hall–Kier alpha value is -3.67. The van der Waals surface area contributed by atoms with Crippen LogP contribution in [0.15, 0.2) is 24.3 Å². The van der Waals surface area contributed by atoms with Crippen molar-refractivity contribution in [3.63, 3.8) is 0 Å². The zero-order valence-electron chi connectivity index (χ0n) is 18.3. The summed E-state index contributed by atoms with van der Waals surface area (Å²) in [5.41, 5.74) is -0.217. The quantitative estimate of drug-likeness (QED) is 0.440. The Morgan fingerprint density at radius 1 is 0.788 bits per heavy atom. The molecule has 0 bridgehead atoms. The van der Waals surface area contributed by atoms with Crippen molar-refractivity contribution in [1.82, 2.24) is 0 Å². The third kappa shape index (κ3) is 7.17. The van der Waals surface area contributed by atoms with Crippen molar-refractivity contribution in [3.8, 4) is 5.75 Å². The number of phenols is 1. The summed E-state index contributed by atoms with van der Waals surface area (Å²) in [6.45, 7) is 3.86. The van der Waals surface area contributed by atoms with Gasteiger partial charge in [0.25, 0.3) is 0 Å². The highest BCUT2D eigenvalue weighted by Gasteiger charge is 2.53. The van der Waals surface area contributed by atoms with E-state index in [0.717, 1.165) is 27.7 Å². The Morgan fingerprint density at radius 2 is 1.33 bits per heavy atom. The highest BCUT2D eigenvalue weighted by atomic mass is 16.7. The molecule has 1 saturated heterocycles. The molecule has 12 heteroatoms. The zero-order chi connectivity index (χ0) is 24.7. The molecule has 0 unspecified atom stereocenters. The third-order valence-corrected chi connectivity index (χ3v) is 4.30. The average Bonchev–Trinajstić information content (AvgIpc) is 2.70. The minimum absolute atomic E-state index is 0.217. The second kappa shape index (κ2) is 11.3. The first-order valence-corrected chi connectivity index (χ1v) is 9.79. The summed E-state index contributed by atoms with van der Waals surface area (Å²) in [7, 11) is 0. The van der Waals surface area contributed by atoms with Crippen molar-refractivity contribution in [2.24, 2.45) is 0 Å². The van der Waals surface area contributed by atoms with Gasteiger partial charge in [0.2, 0.25) is 12.4 Å². The lowest BCUT2D eigenvalue weighted by molar-refractivity contribution is -0.294. The summed E-state index contributed by atoms with van der Waals surface area (Å²) >= 11 is 0. The van der Waals surface area contributed by atoms with E-state index in [1.54, 1.807) is 0 Å². The van der Waals surface area contributed by atoms with E-state index < -0.39 is 67.2 Å². The van der Waals surface area contributed by atoms with Crippen LogP contribution in [0.2, 0.25) is 0 Å². The molecule has 0 aromatic heterocycles. The SMILES string of the molecule is CC(=O)OC[C@H]1O[C@@H](OC(=O)c2ccccc2O)[C@H](OC(C)=O)[C@@H](OC(C)=O)[C@@H]1OC(C)=O. The average molecular weight is 468 g/mol. The van der Waals surface area contributed by atoms with Gasteiger partial charge in [0.15, 0.2) is 12.2 Å². The molecular formula is C21H24O12. The summed E-state index contributed by atoms with van der Waals surface area (Å²) in [6.07, 6.45) is -7.37. The molecule has 1 aliphatic rings. The zero-order valence-corrected chi connectivity index (χ0v) is 18.3. The monoisotopic (exact) mass is 468 g/mol. The Labute approximate surface area is 188 Å². The van der Waals surface area contributed by atoms with Gasteiger partial charge in [-0.2, -0.15) is 0 Å². The maximum absolute atomic E-state index is 12.6. The van der Waals surface area contributed by atoms with Gasteiger partial charge in [0, 0.05) is 27.7 Å². The number of ether oxygens (including phenoxy) is 6. The van der Waals surface area contributed by atoms with Crippen LogP contribution in [0, 0.1) is 0 Å². The van der Waals surface area contributed by atoms with Gasteiger partial charge < -0.3 is 33.5 Å². The molecule has 0 radical (unpaired) electrons. The minimum Gasteiger partial charge on any atom is -0.507 e. The van der Waals surface area contributed by atoms with Crippen LogP contribution in [0.3, 0.4) is 0 Å². The molecule has 0 amide bonds. The number of phenolic OH excluding ortho intramolecular Hbond substituents is 1. The summed E-state index contributed by atoms with van der Waals surface area (Å²) in [4.78, 5) is 59.2. The van der Waals surface area contributed by atoms with Crippen LogP contribution in [0.25, 0.3) is 0 Å².